The normalized spacial score (nSPS) is 25.6. The second kappa shape index (κ2) is 8.53. The first-order valence-electron chi connectivity index (χ1n) is 10.5. The van der Waals surface area contributed by atoms with Crippen LogP contribution in [0.2, 0.25) is 0 Å². The minimum absolute atomic E-state index is 0.178. The molecule has 1 aromatic carbocycles. The van der Waals surface area contributed by atoms with Gasteiger partial charge in [0.1, 0.15) is 31.2 Å². The maximum absolute atomic E-state index is 12.6. The van der Waals surface area contributed by atoms with E-state index in [1.165, 1.54) is 6.33 Å². The lowest BCUT2D eigenvalue weighted by Gasteiger charge is -2.24. The van der Waals surface area contributed by atoms with E-state index in [-0.39, 0.29) is 31.3 Å². The molecule has 5 rings (SSSR count). The van der Waals surface area contributed by atoms with Crippen LogP contribution in [0.5, 0.6) is 0 Å². The molecule has 10 heteroatoms. The van der Waals surface area contributed by atoms with Crippen LogP contribution < -0.4 is 5.32 Å². The number of rotatable bonds is 6. The van der Waals surface area contributed by atoms with Crippen molar-refractivity contribution in [1.29, 1.82) is 0 Å². The van der Waals surface area contributed by atoms with Crippen LogP contribution in [0.1, 0.15) is 30.4 Å². The second-order valence-corrected chi connectivity index (χ2v) is 8.22. The number of aromatic nitrogens is 4. The molecule has 0 saturated carbocycles. The van der Waals surface area contributed by atoms with Crippen LogP contribution in [0.15, 0.2) is 43.0 Å². The Morgan fingerprint density at radius 2 is 2.00 bits per heavy atom. The van der Waals surface area contributed by atoms with E-state index in [0.717, 1.165) is 0 Å². The molecule has 4 heterocycles. The smallest absolute Gasteiger partial charge is 0.256 e. The standard InChI is InChI=1S/C23H23N5O5/c1-4-10-30-11-15-17-18(33-23(2,3)32-17)22(31-15)28-13-26-16-19(24-12-25-20(16)28)27-21(29)14-8-6-5-7-9-14/h1,5-9,12-13,15,17-18,22H,10-11H2,2-3H3,(H,24,25,27,29)/t15-,17-,18-,22-/m1/s1. The van der Waals surface area contributed by atoms with Gasteiger partial charge >= 0.3 is 0 Å². The topological polar surface area (TPSA) is 110 Å². The molecule has 2 saturated heterocycles. The SMILES string of the molecule is C#CCOC[C@H]1O[C@@H](n2cnc3c(NC(=O)c4ccccc4)ncnc32)[C@@H]2OC(C)(C)O[C@@H]21. The van der Waals surface area contributed by atoms with E-state index in [1.54, 1.807) is 35.2 Å². The number of ether oxygens (including phenoxy) is 4. The van der Waals surface area contributed by atoms with E-state index in [1.807, 2.05) is 19.9 Å². The van der Waals surface area contributed by atoms with E-state index in [2.05, 4.69) is 26.2 Å². The summed E-state index contributed by atoms with van der Waals surface area (Å²) in [6.45, 7) is 4.15. The van der Waals surface area contributed by atoms with E-state index < -0.39 is 18.1 Å². The highest BCUT2D eigenvalue weighted by Gasteiger charge is 2.56. The summed E-state index contributed by atoms with van der Waals surface area (Å²) in [5.41, 5.74) is 1.45. The molecule has 1 N–H and O–H groups in total. The van der Waals surface area contributed by atoms with Crippen molar-refractivity contribution in [2.75, 3.05) is 18.5 Å². The number of nitrogens with zero attached hydrogens (tertiary/aromatic N) is 4. The Hall–Kier alpha value is -3.36. The predicted molar refractivity (Wildman–Crippen MR) is 117 cm³/mol. The number of anilines is 1. The summed E-state index contributed by atoms with van der Waals surface area (Å²) in [5, 5.41) is 2.81. The minimum atomic E-state index is -0.776. The van der Waals surface area contributed by atoms with Gasteiger partial charge in [-0.25, -0.2) is 15.0 Å². The lowest BCUT2D eigenvalue weighted by molar-refractivity contribution is -0.201. The number of terminal acetylenes is 1. The molecule has 2 aromatic heterocycles. The molecule has 0 bridgehead atoms. The molecule has 3 aromatic rings. The van der Waals surface area contributed by atoms with Crippen LogP contribution in [0.25, 0.3) is 11.2 Å². The number of fused-ring (bicyclic) bond motifs is 2. The van der Waals surface area contributed by atoms with Gasteiger partial charge in [-0.3, -0.25) is 9.36 Å². The van der Waals surface area contributed by atoms with Crippen LogP contribution in [-0.4, -0.2) is 62.7 Å². The first-order chi connectivity index (χ1) is 16.0. The van der Waals surface area contributed by atoms with Crippen molar-refractivity contribution < 1.29 is 23.7 Å². The number of benzene rings is 1. The molecule has 170 valence electrons. The third-order valence-electron chi connectivity index (χ3n) is 5.49. The van der Waals surface area contributed by atoms with Gasteiger partial charge in [0.2, 0.25) is 0 Å². The van der Waals surface area contributed by atoms with Gasteiger partial charge in [-0.05, 0) is 26.0 Å². The first kappa shape index (κ1) is 21.5. The lowest BCUT2D eigenvalue weighted by atomic mass is 10.1. The predicted octanol–water partition coefficient (Wildman–Crippen LogP) is 2.15. The van der Waals surface area contributed by atoms with Crippen molar-refractivity contribution in [1.82, 2.24) is 19.5 Å². The number of hydrogen-bond acceptors (Lipinski definition) is 8. The fourth-order valence-electron chi connectivity index (χ4n) is 4.15. The zero-order chi connectivity index (χ0) is 23.0. The van der Waals surface area contributed by atoms with Crippen LogP contribution in [0, 0.1) is 12.3 Å². The zero-order valence-corrected chi connectivity index (χ0v) is 18.2. The molecule has 0 aliphatic carbocycles. The van der Waals surface area contributed by atoms with Crippen molar-refractivity contribution in [2.45, 2.75) is 44.2 Å². The Labute approximate surface area is 190 Å². The average Bonchev–Trinajstić information content (AvgIpc) is 3.46. The van der Waals surface area contributed by atoms with E-state index >= 15 is 0 Å². The van der Waals surface area contributed by atoms with Gasteiger partial charge < -0.3 is 24.3 Å². The molecular formula is C23H23N5O5. The Morgan fingerprint density at radius 1 is 1.21 bits per heavy atom. The van der Waals surface area contributed by atoms with Crippen molar-refractivity contribution >= 4 is 22.9 Å². The van der Waals surface area contributed by atoms with E-state index in [9.17, 15) is 4.79 Å². The van der Waals surface area contributed by atoms with Gasteiger partial charge in [-0.15, -0.1) is 6.42 Å². The van der Waals surface area contributed by atoms with Gasteiger partial charge in [0.15, 0.2) is 29.0 Å². The van der Waals surface area contributed by atoms with Gasteiger partial charge in [-0.2, -0.15) is 0 Å². The highest BCUT2D eigenvalue weighted by Crippen LogP contribution is 2.43. The molecule has 0 unspecified atom stereocenters. The third kappa shape index (κ3) is 4.07. The van der Waals surface area contributed by atoms with Crippen LogP contribution in [0.4, 0.5) is 5.82 Å². The van der Waals surface area contributed by atoms with Crippen molar-refractivity contribution in [2.24, 2.45) is 0 Å². The molecular weight excluding hydrogens is 426 g/mol. The number of nitrogens with one attached hydrogen (secondary N) is 1. The quantitative estimate of drug-likeness (QED) is 0.450. The van der Waals surface area contributed by atoms with Crippen LogP contribution in [-0.2, 0) is 18.9 Å². The minimum Gasteiger partial charge on any atom is -0.366 e. The largest absolute Gasteiger partial charge is 0.366 e. The average molecular weight is 449 g/mol. The number of carbonyl (C=O) groups excluding carboxylic acids is 1. The van der Waals surface area contributed by atoms with E-state index in [0.29, 0.717) is 22.5 Å². The van der Waals surface area contributed by atoms with Gasteiger partial charge in [0.05, 0.1) is 12.9 Å². The Morgan fingerprint density at radius 3 is 2.79 bits per heavy atom. The van der Waals surface area contributed by atoms with E-state index in [4.69, 9.17) is 25.4 Å². The molecule has 33 heavy (non-hydrogen) atoms. The summed E-state index contributed by atoms with van der Waals surface area (Å²) < 4.78 is 25.7. The van der Waals surface area contributed by atoms with Crippen LogP contribution in [0.3, 0.4) is 0 Å². The highest BCUT2D eigenvalue weighted by atomic mass is 16.8. The second-order valence-electron chi connectivity index (χ2n) is 8.22. The number of carbonyl (C=O) groups is 1. The Bertz CT molecular complexity index is 1200. The maximum Gasteiger partial charge on any atom is 0.256 e. The van der Waals surface area contributed by atoms with Gasteiger partial charge in [0, 0.05) is 5.56 Å². The first-order valence-corrected chi connectivity index (χ1v) is 10.5. The Balaban J connectivity index is 1.43. The van der Waals surface area contributed by atoms with Crippen molar-refractivity contribution in [3.8, 4) is 12.3 Å². The summed E-state index contributed by atoms with van der Waals surface area (Å²) in [6.07, 6.45) is 6.56. The molecule has 1 amide bonds. The molecule has 0 radical (unpaired) electrons. The molecule has 2 fully saturated rings. The van der Waals surface area contributed by atoms with Gasteiger partial charge in [-0.1, -0.05) is 24.1 Å². The summed E-state index contributed by atoms with van der Waals surface area (Å²) in [6, 6.07) is 8.88. The van der Waals surface area contributed by atoms with Crippen LogP contribution >= 0.6 is 0 Å². The molecule has 2 aliphatic rings. The van der Waals surface area contributed by atoms with Crippen molar-refractivity contribution in [3.63, 3.8) is 0 Å². The monoisotopic (exact) mass is 449 g/mol. The Kier molecular flexibility index (Phi) is 5.55. The molecule has 2 aliphatic heterocycles. The fourth-order valence-corrected chi connectivity index (χ4v) is 4.15. The number of imidazole rings is 1. The summed E-state index contributed by atoms with van der Waals surface area (Å²) in [7, 11) is 0. The molecule has 4 atom stereocenters. The number of hydrogen-bond donors (Lipinski definition) is 1. The summed E-state index contributed by atoms with van der Waals surface area (Å²) in [4.78, 5) is 25.7. The number of amides is 1. The van der Waals surface area contributed by atoms with Gasteiger partial charge in [0.25, 0.3) is 5.91 Å². The lowest BCUT2D eigenvalue weighted by Crippen LogP contribution is -2.33. The summed E-state index contributed by atoms with van der Waals surface area (Å²) >= 11 is 0. The maximum atomic E-state index is 12.6. The highest BCUT2D eigenvalue weighted by molar-refractivity contribution is 6.06. The molecule has 0 spiro atoms. The summed E-state index contributed by atoms with van der Waals surface area (Å²) in [5.74, 6) is 1.69. The fraction of sp³-hybridized carbons (Fsp3) is 0.391. The third-order valence-corrected chi connectivity index (χ3v) is 5.49. The molecule has 10 nitrogen and oxygen atoms in total. The van der Waals surface area contributed by atoms with Crippen molar-refractivity contribution in [3.05, 3.63) is 48.5 Å². The zero-order valence-electron chi connectivity index (χ0n) is 18.2.